The van der Waals surface area contributed by atoms with Gasteiger partial charge < -0.3 is 4.57 Å². The van der Waals surface area contributed by atoms with Crippen molar-refractivity contribution in [1.82, 2.24) is 29.3 Å². The smallest absolute Gasteiger partial charge is 0.324 e. The van der Waals surface area contributed by atoms with Crippen LogP contribution in [-0.2, 0) is 17.8 Å². The third-order valence-electron chi connectivity index (χ3n) is 4.32. The fourth-order valence-electron chi connectivity index (χ4n) is 2.95. The average Bonchev–Trinajstić information content (AvgIpc) is 3.29. The molecule has 0 aliphatic carbocycles. The molecule has 0 aliphatic rings. The molecule has 4 rings (SSSR count). The third-order valence-corrected chi connectivity index (χ3v) is 6.53. The summed E-state index contributed by atoms with van der Waals surface area (Å²) in [7, 11) is 0.345. The Morgan fingerprint density at radius 2 is 2.00 bits per heavy atom. The molecule has 0 aliphatic heterocycles. The molecule has 0 N–H and O–H groups in total. The molecular weight excluding hydrogens is 473 g/mol. The molecule has 0 saturated carbocycles. The molecule has 4 aromatic heterocycles. The van der Waals surface area contributed by atoms with E-state index >= 15 is 0 Å². The van der Waals surface area contributed by atoms with Crippen LogP contribution >= 0.6 is 23.4 Å². The van der Waals surface area contributed by atoms with Crippen LogP contribution in [0, 0.1) is 0 Å². The highest BCUT2D eigenvalue weighted by molar-refractivity contribution is 8.00. The van der Waals surface area contributed by atoms with E-state index in [-0.39, 0.29) is 21.9 Å². The summed E-state index contributed by atoms with van der Waals surface area (Å²) in [4.78, 5) is 13.4. The number of fused-ring (bicyclic) bond motifs is 1. The summed E-state index contributed by atoms with van der Waals surface area (Å²) in [6.45, 7) is 1.78. The lowest BCUT2D eigenvalue weighted by atomic mass is 10.3. The minimum Gasteiger partial charge on any atom is -0.324 e. The van der Waals surface area contributed by atoms with Crippen molar-refractivity contribution in [2.45, 2.75) is 22.4 Å². The van der Waals surface area contributed by atoms with Crippen LogP contribution in [0.3, 0.4) is 0 Å². The van der Waals surface area contributed by atoms with Crippen LogP contribution in [0.5, 0.6) is 0 Å². The fourth-order valence-corrected chi connectivity index (χ4v) is 4.48. The van der Waals surface area contributed by atoms with Crippen molar-refractivity contribution in [1.29, 1.82) is 0 Å². The van der Waals surface area contributed by atoms with Gasteiger partial charge in [0.1, 0.15) is 10.7 Å². The highest BCUT2D eigenvalue weighted by Gasteiger charge is 2.30. The van der Waals surface area contributed by atoms with E-state index in [0.717, 1.165) is 0 Å². The largest absolute Gasteiger partial charge is 0.447 e. The Morgan fingerprint density at radius 1 is 1.23 bits per heavy atom. The molecule has 0 aromatic carbocycles. The Kier molecular flexibility index (Phi) is 5.79. The molecule has 7 nitrogen and oxygen atoms in total. The maximum Gasteiger partial charge on any atom is 0.447 e. The first-order valence-corrected chi connectivity index (χ1v) is 11.4. The number of hydrogen-bond donors (Lipinski definition) is 0. The van der Waals surface area contributed by atoms with Gasteiger partial charge in [0.15, 0.2) is 16.8 Å². The summed E-state index contributed by atoms with van der Waals surface area (Å²) >= 11 is 5.59. The second-order valence-electron chi connectivity index (χ2n) is 6.29. The monoisotopic (exact) mass is 486 g/mol. The van der Waals surface area contributed by atoms with Gasteiger partial charge in [-0.3, -0.25) is 4.21 Å². The molecule has 31 heavy (non-hydrogen) atoms. The van der Waals surface area contributed by atoms with E-state index in [1.54, 1.807) is 42.9 Å². The van der Waals surface area contributed by atoms with Gasteiger partial charge in [-0.25, -0.2) is 19.6 Å². The van der Waals surface area contributed by atoms with Crippen LogP contribution in [0.4, 0.5) is 13.2 Å². The molecule has 0 fully saturated rings. The van der Waals surface area contributed by atoms with Gasteiger partial charge in [-0.15, -0.1) is 0 Å². The van der Waals surface area contributed by atoms with Crippen molar-refractivity contribution in [3.8, 4) is 17.3 Å². The van der Waals surface area contributed by atoms with E-state index in [9.17, 15) is 17.4 Å². The first-order chi connectivity index (χ1) is 14.7. The number of aryl methyl sites for hydroxylation is 1. The van der Waals surface area contributed by atoms with E-state index in [2.05, 4.69) is 20.1 Å². The molecule has 13 heteroatoms. The number of thioether (sulfide) groups is 1. The number of imidazole rings is 1. The van der Waals surface area contributed by atoms with Gasteiger partial charge in [0.05, 0.1) is 32.9 Å². The Hall–Kier alpha value is -2.44. The predicted molar refractivity (Wildman–Crippen MR) is 113 cm³/mol. The average molecular weight is 487 g/mol. The summed E-state index contributed by atoms with van der Waals surface area (Å²) in [5.41, 5.74) is -3.27. The number of pyridine rings is 2. The molecule has 4 heterocycles. The first kappa shape index (κ1) is 21.8. The zero-order chi connectivity index (χ0) is 22.3. The Bertz CT molecular complexity index is 1300. The van der Waals surface area contributed by atoms with Crippen molar-refractivity contribution < 1.29 is 17.4 Å². The second-order valence-corrected chi connectivity index (χ2v) is 9.47. The lowest BCUT2D eigenvalue weighted by Gasteiger charge is -2.10. The van der Waals surface area contributed by atoms with Gasteiger partial charge in [-0.1, -0.05) is 18.5 Å². The van der Waals surface area contributed by atoms with Crippen molar-refractivity contribution in [2.75, 3.05) is 5.75 Å². The van der Waals surface area contributed by atoms with E-state index in [1.165, 1.54) is 16.9 Å². The summed E-state index contributed by atoms with van der Waals surface area (Å²) in [5, 5.41) is 4.19. The molecule has 162 valence electrons. The normalized spacial score (nSPS) is 13.1. The lowest BCUT2D eigenvalue weighted by Crippen LogP contribution is -2.07. The van der Waals surface area contributed by atoms with Crippen molar-refractivity contribution in [3.05, 3.63) is 41.8 Å². The molecule has 1 unspecified atom stereocenters. The Morgan fingerprint density at radius 3 is 2.65 bits per heavy atom. The minimum atomic E-state index is -4.45. The first-order valence-electron chi connectivity index (χ1n) is 8.86. The van der Waals surface area contributed by atoms with Crippen LogP contribution in [0.2, 0.25) is 5.15 Å². The zero-order valence-corrected chi connectivity index (χ0v) is 18.5. The topological polar surface area (TPSA) is 78.5 Å². The second kappa shape index (κ2) is 8.24. The maximum atomic E-state index is 12.7. The van der Waals surface area contributed by atoms with E-state index < -0.39 is 16.3 Å². The van der Waals surface area contributed by atoms with Gasteiger partial charge >= 0.3 is 5.51 Å². The number of halogens is 4. The molecular formula is C18H14ClF3N6OS2. The van der Waals surface area contributed by atoms with Crippen LogP contribution in [0.1, 0.15) is 6.92 Å². The van der Waals surface area contributed by atoms with Crippen LogP contribution in [0.15, 0.2) is 46.6 Å². The van der Waals surface area contributed by atoms with Crippen molar-refractivity contribution in [2.24, 2.45) is 7.05 Å². The van der Waals surface area contributed by atoms with E-state index in [1.807, 2.05) is 0 Å². The van der Waals surface area contributed by atoms with Gasteiger partial charge in [-0.05, 0) is 24.3 Å². The number of aromatic nitrogens is 6. The van der Waals surface area contributed by atoms with Gasteiger partial charge in [-0.2, -0.15) is 18.3 Å². The Balaban J connectivity index is 1.88. The molecule has 0 radical (unpaired) electrons. The third kappa shape index (κ3) is 4.46. The van der Waals surface area contributed by atoms with E-state index in [0.29, 0.717) is 39.0 Å². The standard InChI is InChI=1S/C18H14ClF3N6OS2/c1-3-31(29)12-4-5-14(28-7-6-13(19)26-28)25-16(12)17-24-10-8-15(30-18(20,21)22)23-9-11(10)27(17)2/h4-9H,3H2,1-2H3. The lowest BCUT2D eigenvalue weighted by molar-refractivity contribution is -0.0329. The molecule has 1 atom stereocenters. The predicted octanol–water partition coefficient (Wildman–Crippen LogP) is 4.61. The molecule has 0 amide bonds. The molecule has 0 spiro atoms. The van der Waals surface area contributed by atoms with Crippen LogP contribution < -0.4 is 0 Å². The summed E-state index contributed by atoms with van der Waals surface area (Å²) in [6, 6.07) is 6.21. The summed E-state index contributed by atoms with van der Waals surface area (Å²) < 4.78 is 53.9. The fraction of sp³-hybridized carbons (Fsp3) is 0.222. The quantitative estimate of drug-likeness (QED) is 0.383. The summed E-state index contributed by atoms with van der Waals surface area (Å²) in [5.74, 6) is 1.14. The number of nitrogens with zero attached hydrogens (tertiary/aromatic N) is 6. The van der Waals surface area contributed by atoms with Crippen LogP contribution in [-0.4, -0.2) is 44.8 Å². The van der Waals surface area contributed by atoms with Crippen LogP contribution in [0.25, 0.3) is 28.4 Å². The molecule has 0 bridgehead atoms. The van der Waals surface area contributed by atoms with E-state index in [4.69, 9.17) is 11.6 Å². The summed E-state index contributed by atoms with van der Waals surface area (Å²) in [6.07, 6.45) is 2.96. The van der Waals surface area contributed by atoms with Gasteiger partial charge in [0.25, 0.3) is 0 Å². The molecule has 4 aromatic rings. The highest BCUT2D eigenvalue weighted by atomic mass is 35.5. The number of hydrogen-bond acceptors (Lipinski definition) is 6. The molecule has 0 saturated heterocycles. The minimum absolute atomic E-state index is 0.213. The number of alkyl halides is 3. The zero-order valence-electron chi connectivity index (χ0n) is 16.1. The Labute approximate surface area is 186 Å². The highest BCUT2D eigenvalue weighted by Crippen LogP contribution is 2.37. The SMILES string of the molecule is CCS(=O)c1ccc(-n2ccc(Cl)n2)nc1-c1nc2cc(SC(F)(F)F)ncc2n1C. The van der Waals surface area contributed by atoms with Crippen molar-refractivity contribution >= 4 is 45.2 Å². The van der Waals surface area contributed by atoms with Gasteiger partial charge in [0, 0.05) is 30.8 Å². The van der Waals surface area contributed by atoms with Crippen molar-refractivity contribution in [3.63, 3.8) is 0 Å². The van der Waals surface area contributed by atoms with Gasteiger partial charge in [0.2, 0.25) is 0 Å². The maximum absolute atomic E-state index is 12.7. The number of rotatable bonds is 5.